The third-order valence-corrected chi connectivity index (χ3v) is 3.83. The zero-order valence-corrected chi connectivity index (χ0v) is 14.2. The van der Waals surface area contributed by atoms with Gasteiger partial charge in [0.05, 0.1) is 20.6 Å². The van der Waals surface area contributed by atoms with Gasteiger partial charge in [0, 0.05) is 23.2 Å². The second kappa shape index (κ2) is 7.53. The number of carboxylic acids is 1. The molecule has 0 aliphatic carbocycles. The number of aromatic nitrogens is 1. The molecule has 0 radical (unpaired) electrons. The first-order valence-corrected chi connectivity index (χ1v) is 7.55. The van der Waals surface area contributed by atoms with Gasteiger partial charge in [-0.15, -0.1) is 0 Å². The molecule has 0 saturated carbocycles. The SMILES string of the molecule is COc1cc(OC)cc(-c2cc(C(C)CC(=O)O)nc(N)c2C#N)c1. The molecule has 0 spiro atoms. The van der Waals surface area contributed by atoms with Crippen LogP contribution >= 0.6 is 0 Å². The molecule has 7 nitrogen and oxygen atoms in total. The molecule has 2 aromatic rings. The van der Waals surface area contributed by atoms with Crippen LogP contribution in [0.5, 0.6) is 11.5 Å². The first-order chi connectivity index (χ1) is 11.9. The Morgan fingerprint density at radius 3 is 2.36 bits per heavy atom. The Hall–Kier alpha value is -3.27. The van der Waals surface area contributed by atoms with E-state index in [2.05, 4.69) is 11.1 Å². The van der Waals surface area contributed by atoms with E-state index in [9.17, 15) is 10.1 Å². The van der Waals surface area contributed by atoms with Crippen molar-refractivity contribution in [2.24, 2.45) is 0 Å². The second-order valence-corrected chi connectivity index (χ2v) is 5.57. The minimum Gasteiger partial charge on any atom is -0.497 e. The molecule has 3 N–H and O–H groups in total. The first-order valence-electron chi connectivity index (χ1n) is 7.55. The summed E-state index contributed by atoms with van der Waals surface area (Å²) in [7, 11) is 3.07. The van der Waals surface area contributed by atoms with Gasteiger partial charge in [-0.3, -0.25) is 4.79 Å². The summed E-state index contributed by atoms with van der Waals surface area (Å²) in [6.07, 6.45) is -0.0841. The van der Waals surface area contributed by atoms with E-state index in [1.54, 1.807) is 31.2 Å². The topological polar surface area (TPSA) is 118 Å². The van der Waals surface area contributed by atoms with Gasteiger partial charge in [-0.25, -0.2) is 4.98 Å². The molecule has 0 saturated heterocycles. The number of nitrogens with two attached hydrogens (primary N) is 1. The summed E-state index contributed by atoms with van der Waals surface area (Å²) in [5, 5.41) is 18.5. The minimum atomic E-state index is -0.929. The number of carboxylic acid groups (broad SMARTS) is 1. The molecule has 0 amide bonds. The van der Waals surface area contributed by atoms with Crippen molar-refractivity contribution in [1.29, 1.82) is 5.26 Å². The molecule has 130 valence electrons. The molecule has 1 atom stereocenters. The van der Waals surface area contributed by atoms with E-state index >= 15 is 0 Å². The summed E-state index contributed by atoms with van der Waals surface area (Å²) < 4.78 is 10.5. The molecule has 0 aliphatic rings. The summed E-state index contributed by atoms with van der Waals surface area (Å²) in [5.41, 5.74) is 7.90. The molecule has 1 heterocycles. The molecule has 25 heavy (non-hydrogen) atoms. The number of rotatable bonds is 6. The van der Waals surface area contributed by atoms with Gasteiger partial charge in [0.25, 0.3) is 0 Å². The fourth-order valence-electron chi connectivity index (χ4n) is 2.51. The van der Waals surface area contributed by atoms with Crippen LogP contribution in [0.1, 0.15) is 30.5 Å². The van der Waals surface area contributed by atoms with E-state index in [-0.39, 0.29) is 23.7 Å². The molecule has 2 rings (SSSR count). The van der Waals surface area contributed by atoms with E-state index < -0.39 is 5.97 Å². The predicted octanol–water partition coefficient (Wildman–Crippen LogP) is 2.80. The lowest BCUT2D eigenvalue weighted by Crippen LogP contribution is -2.08. The molecule has 1 aromatic heterocycles. The summed E-state index contributed by atoms with van der Waals surface area (Å²) in [6.45, 7) is 1.75. The number of carbonyl (C=O) groups is 1. The highest BCUT2D eigenvalue weighted by atomic mass is 16.5. The Balaban J connectivity index is 2.65. The summed E-state index contributed by atoms with van der Waals surface area (Å²) in [4.78, 5) is 15.2. The van der Waals surface area contributed by atoms with Gasteiger partial charge in [-0.1, -0.05) is 6.92 Å². The van der Waals surface area contributed by atoms with Crippen molar-refractivity contribution in [3.63, 3.8) is 0 Å². The van der Waals surface area contributed by atoms with Crippen molar-refractivity contribution >= 4 is 11.8 Å². The maximum Gasteiger partial charge on any atom is 0.304 e. The average molecular weight is 341 g/mol. The highest BCUT2D eigenvalue weighted by Gasteiger charge is 2.18. The fourth-order valence-corrected chi connectivity index (χ4v) is 2.51. The van der Waals surface area contributed by atoms with Gasteiger partial charge in [-0.05, 0) is 23.8 Å². The third kappa shape index (κ3) is 3.98. The molecular formula is C18H19N3O4. The van der Waals surface area contributed by atoms with E-state index in [0.29, 0.717) is 28.3 Å². The third-order valence-electron chi connectivity index (χ3n) is 3.83. The second-order valence-electron chi connectivity index (χ2n) is 5.57. The van der Waals surface area contributed by atoms with Crippen LogP contribution in [0.25, 0.3) is 11.1 Å². The van der Waals surface area contributed by atoms with Crippen molar-refractivity contribution in [3.05, 3.63) is 35.5 Å². The van der Waals surface area contributed by atoms with Crippen LogP contribution in [0.4, 0.5) is 5.82 Å². The van der Waals surface area contributed by atoms with Gasteiger partial charge in [0.15, 0.2) is 0 Å². The maximum atomic E-state index is 11.0. The van der Waals surface area contributed by atoms with Gasteiger partial charge in [0.2, 0.25) is 0 Å². The van der Waals surface area contributed by atoms with Crippen molar-refractivity contribution in [3.8, 4) is 28.7 Å². The van der Waals surface area contributed by atoms with Crippen LogP contribution in [-0.4, -0.2) is 30.3 Å². The number of ether oxygens (including phenoxy) is 2. The molecule has 7 heteroatoms. The Morgan fingerprint density at radius 1 is 1.28 bits per heavy atom. The molecule has 0 aliphatic heterocycles. The Morgan fingerprint density at radius 2 is 1.88 bits per heavy atom. The van der Waals surface area contributed by atoms with Gasteiger partial charge in [-0.2, -0.15) is 5.26 Å². The van der Waals surface area contributed by atoms with Crippen molar-refractivity contribution < 1.29 is 19.4 Å². The number of hydrogen-bond acceptors (Lipinski definition) is 6. The lowest BCUT2D eigenvalue weighted by molar-refractivity contribution is -0.137. The van der Waals surface area contributed by atoms with Crippen LogP contribution in [0.15, 0.2) is 24.3 Å². The zero-order valence-electron chi connectivity index (χ0n) is 14.2. The summed E-state index contributed by atoms with van der Waals surface area (Å²) in [6, 6.07) is 8.97. The van der Waals surface area contributed by atoms with Crippen LogP contribution in [0.3, 0.4) is 0 Å². The largest absolute Gasteiger partial charge is 0.497 e. The van der Waals surface area contributed by atoms with E-state index in [0.717, 1.165) is 0 Å². The highest BCUT2D eigenvalue weighted by Crippen LogP contribution is 2.35. The monoisotopic (exact) mass is 341 g/mol. The van der Waals surface area contributed by atoms with Crippen LogP contribution < -0.4 is 15.2 Å². The van der Waals surface area contributed by atoms with E-state index in [1.807, 2.05) is 0 Å². The zero-order chi connectivity index (χ0) is 18.6. The molecule has 1 unspecified atom stereocenters. The van der Waals surface area contributed by atoms with Gasteiger partial charge >= 0.3 is 5.97 Å². The quantitative estimate of drug-likeness (QED) is 0.829. The number of aliphatic carboxylic acids is 1. The predicted molar refractivity (Wildman–Crippen MR) is 92.6 cm³/mol. The number of benzene rings is 1. The van der Waals surface area contributed by atoms with Crippen LogP contribution in [0.2, 0.25) is 0 Å². The lowest BCUT2D eigenvalue weighted by atomic mass is 9.95. The van der Waals surface area contributed by atoms with E-state index in [1.165, 1.54) is 14.2 Å². The Labute approximate surface area is 145 Å². The fraction of sp³-hybridized carbons (Fsp3) is 0.278. The molecule has 0 bridgehead atoms. The lowest BCUT2D eigenvalue weighted by Gasteiger charge is -2.15. The molecule has 1 aromatic carbocycles. The van der Waals surface area contributed by atoms with Crippen molar-refractivity contribution in [2.45, 2.75) is 19.3 Å². The Kier molecular flexibility index (Phi) is 5.45. The van der Waals surface area contributed by atoms with Crippen LogP contribution in [0, 0.1) is 11.3 Å². The molecule has 0 fully saturated rings. The average Bonchev–Trinajstić information content (AvgIpc) is 2.59. The summed E-state index contributed by atoms with van der Waals surface area (Å²) in [5.74, 6) is -0.0860. The maximum absolute atomic E-state index is 11.0. The number of nitrogens with zero attached hydrogens (tertiary/aromatic N) is 2. The van der Waals surface area contributed by atoms with Crippen molar-refractivity contribution in [1.82, 2.24) is 4.98 Å². The number of hydrogen-bond donors (Lipinski definition) is 2. The van der Waals surface area contributed by atoms with E-state index in [4.69, 9.17) is 20.3 Å². The van der Waals surface area contributed by atoms with Gasteiger partial charge in [0.1, 0.15) is 28.9 Å². The minimum absolute atomic E-state index is 0.0639. The molecular weight excluding hydrogens is 322 g/mol. The first kappa shape index (κ1) is 18.1. The van der Waals surface area contributed by atoms with Crippen LogP contribution in [-0.2, 0) is 4.79 Å². The number of nitrogen functional groups attached to an aromatic ring is 1. The van der Waals surface area contributed by atoms with Crippen molar-refractivity contribution in [2.75, 3.05) is 20.0 Å². The summed E-state index contributed by atoms with van der Waals surface area (Å²) >= 11 is 0. The Bertz CT molecular complexity index is 821. The number of pyridine rings is 1. The highest BCUT2D eigenvalue weighted by molar-refractivity contribution is 5.78. The number of methoxy groups -OCH3 is 2. The normalized spacial score (nSPS) is 11.4. The van der Waals surface area contributed by atoms with Gasteiger partial charge < -0.3 is 20.3 Å². The standard InChI is InChI=1S/C18H19N3O4/c1-10(4-17(22)23)16-8-14(15(9-19)18(20)21-16)11-5-12(24-2)7-13(6-11)25-3/h5-8,10H,4H2,1-3H3,(H2,20,21)(H,22,23). The number of nitriles is 1. The smallest absolute Gasteiger partial charge is 0.304 e. The number of anilines is 1.